The molecule has 0 spiro atoms. The Balaban J connectivity index is 1.64. The lowest BCUT2D eigenvalue weighted by molar-refractivity contribution is 0.670. The van der Waals surface area contributed by atoms with Crippen LogP contribution in [0, 0.1) is 0 Å². The maximum Gasteiger partial charge on any atom is 0.226 e. The normalized spacial score (nSPS) is 11.5. The summed E-state index contributed by atoms with van der Waals surface area (Å²) >= 11 is 6.26. The van der Waals surface area contributed by atoms with Crippen molar-refractivity contribution in [3.63, 3.8) is 0 Å². The van der Waals surface area contributed by atoms with Crippen molar-refractivity contribution >= 4 is 44.3 Å². The number of nitrogens with zero attached hydrogens (tertiary/aromatic N) is 3. The maximum absolute atomic E-state index is 6.29. The molecule has 2 aromatic heterocycles. The van der Waals surface area contributed by atoms with Gasteiger partial charge in [0.25, 0.3) is 0 Å². The van der Waals surface area contributed by atoms with Gasteiger partial charge in [-0.1, -0.05) is 72.8 Å². The molecule has 0 aliphatic heterocycles. The number of para-hydroxylation sites is 1. The summed E-state index contributed by atoms with van der Waals surface area (Å²) < 4.78 is 6.29. The van der Waals surface area contributed by atoms with Gasteiger partial charge in [0.1, 0.15) is 11.2 Å². The summed E-state index contributed by atoms with van der Waals surface area (Å²) in [6, 6.07) is 28.1. The van der Waals surface area contributed by atoms with Crippen LogP contribution in [0.3, 0.4) is 0 Å². The topological polar surface area (TPSA) is 51.8 Å². The molecule has 0 saturated heterocycles. The number of hydrogen-bond acceptors (Lipinski definition) is 4. The van der Waals surface area contributed by atoms with Crippen LogP contribution in [0.15, 0.2) is 89.3 Å². The third-order valence-corrected chi connectivity index (χ3v) is 5.44. The van der Waals surface area contributed by atoms with E-state index in [-0.39, 0.29) is 5.28 Å². The lowest BCUT2D eigenvalue weighted by Crippen LogP contribution is -1.97. The fourth-order valence-corrected chi connectivity index (χ4v) is 4.09. The quantitative estimate of drug-likeness (QED) is 0.313. The molecule has 4 aromatic carbocycles. The molecule has 0 radical (unpaired) electrons. The second kappa shape index (κ2) is 6.65. The van der Waals surface area contributed by atoms with E-state index in [9.17, 15) is 0 Å². The smallest absolute Gasteiger partial charge is 0.226 e. The Morgan fingerprint density at radius 3 is 2.30 bits per heavy atom. The zero-order valence-corrected chi connectivity index (χ0v) is 16.5. The van der Waals surface area contributed by atoms with Gasteiger partial charge in [-0.05, 0) is 34.5 Å². The standard InChI is InChI=1S/C25H14ClN3O/c26-25-28-23(16-8-2-1-3-9-16)27-24(29-25)19-12-6-11-18-21-17-10-5-4-7-15(17)13-14-20(21)30-22(18)19/h1-14H. The van der Waals surface area contributed by atoms with E-state index in [1.165, 1.54) is 5.39 Å². The zero-order valence-electron chi connectivity index (χ0n) is 15.7. The molecule has 0 atom stereocenters. The van der Waals surface area contributed by atoms with Gasteiger partial charge < -0.3 is 4.42 Å². The number of fused-ring (bicyclic) bond motifs is 5. The molecule has 142 valence electrons. The van der Waals surface area contributed by atoms with Crippen LogP contribution in [0.1, 0.15) is 0 Å². The second-order valence-electron chi connectivity index (χ2n) is 7.06. The van der Waals surface area contributed by atoms with Gasteiger partial charge in [0, 0.05) is 16.3 Å². The van der Waals surface area contributed by atoms with E-state index in [0.717, 1.165) is 38.5 Å². The minimum Gasteiger partial charge on any atom is -0.455 e. The molecule has 2 heterocycles. The van der Waals surface area contributed by atoms with Crippen LogP contribution in [-0.2, 0) is 0 Å². The molecule has 0 fully saturated rings. The third-order valence-electron chi connectivity index (χ3n) is 5.27. The molecular weight excluding hydrogens is 394 g/mol. The van der Waals surface area contributed by atoms with E-state index < -0.39 is 0 Å². The molecule has 0 aliphatic rings. The summed E-state index contributed by atoms with van der Waals surface area (Å²) in [5.41, 5.74) is 3.24. The van der Waals surface area contributed by atoms with Crippen LogP contribution < -0.4 is 0 Å². The first kappa shape index (κ1) is 17.1. The number of aromatic nitrogens is 3. The first-order chi connectivity index (χ1) is 14.8. The maximum atomic E-state index is 6.29. The van der Waals surface area contributed by atoms with Gasteiger partial charge in [-0.15, -0.1) is 0 Å². The average molecular weight is 408 g/mol. The SMILES string of the molecule is Clc1nc(-c2ccccc2)nc(-c2cccc3c2oc2ccc4ccccc4c23)n1. The molecule has 0 unspecified atom stereocenters. The highest BCUT2D eigenvalue weighted by Gasteiger charge is 2.17. The molecule has 6 aromatic rings. The summed E-state index contributed by atoms with van der Waals surface area (Å²) in [7, 11) is 0. The van der Waals surface area contributed by atoms with Crippen molar-refractivity contribution in [2.75, 3.05) is 0 Å². The van der Waals surface area contributed by atoms with Crippen molar-refractivity contribution in [2.24, 2.45) is 0 Å². The Morgan fingerprint density at radius 1 is 0.633 bits per heavy atom. The minimum absolute atomic E-state index is 0.150. The Labute approximate surface area is 176 Å². The lowest BCUT2D eigenvalue weighted by Gasteiger charge is -2.05. The first-order valence-electron chi connectivity index (χ1n) is 9.58. The fraction of sp³-hybridized carbons (Fsp3) is 0. The van der Waals surface area contributed by atoms with E-state index in [2.05, 4.69) is 34.2 Å². The van der Waals surface area contributed by atoms with Gasteiger partial charge in [0.05, 0.1) is 5.56 Å². The van der Waals surface area contributed by atoms with E-state index in [4.69, 9.17) is 21.0 Å². The number of rotatable bonds is 2. The Hall–Kier alpha value is -3.76. The third kappa shape index (κ3) is 2.65. The highest BCUT2D eigenvalue weighted by atomic mass is 35.5. The molecule has 0 N–H and O–H groups in total. The summed E-state index contributed by atoms with van der Waals surface area (Å²) in [5, 5.41) is 4.60. The van der Waals surface area contributed by atoms with Gasteiger partial charge in [-0.2, -0.15) is 9.97 Å². The predicted molar refractivity (Wildman–Crippen MR) is 120 cm³/mol. The molecular formula is C25H14ClN3O. The first-order valence-corrected chi connectivity index (χ1v) is 9.96. The average Bonchev–Trinajstić information content (AvgIpc) is 3.18. The Morgan fingerprint density at radius 2 is 1.40 bits per heavy atom. The van der Waals surface area contributed by atoms with Gasteiger partial charge in [-0.25, -0.2) is 4.98 Å². The van der Waals surface area contributed by atoms with Crippen LogP contribution in [0.25, 0.3) is 55.5 Å². The van der Waals surface area contributed by atoms with Gasteiger partial charge in [0.15, 0.2) is 11.6 Å². The number of furan rings is 1. The van der Waals surface area contributed by atoms with Crippen LogP contribution in [0.2, 0.25) is 5.28 Å². The van der Waals surface area contributed by atoms with E-state index in [1.807, 2.05) is 60.7 Å². The molecule has 30 heavy (non-hydrogen) atoms. The lowest BCUT2D eigenvalue weighted by atomic mass is 10.0. The van der Waals surface area contributed by atoms with Crippen LogP contribution in [0.4, 0.5) is 0 Å². The van der Waals surface area contributed by atoms with Crippen molar-refractivity contribution in [1.29, 1.82) is 0 Å². The Bertz CT molecular complexity index is 1560. The second-order valence-corrected chi connectivity index (χ2v) is 7.40. The summed E-state index contributed by atoms with van der Waals surface area (Å²) in [5.74, 6) is 1.02. The van der Waals surface area contributed by atoms with E-state index >= 15 is 0 Å². The van der Waals surface area contributed by atoms with E-state index in [1.54, 1.807) is 0 Å². The van der Waals surface area contributed by atoms with Crippen molar-refractivity contribution < 1.29 is 4.42 Å². The highest BCUT2D eigenvalue weighted by molar-refractivity contribution is 6.28. The fourth-order valence-electron chi connectivity index (χ4n) is 3.93. The van der Waals surface area contributed by atoms with Gasteiger partial charge in [0.2, 0.25) is 5.28 Å². The van der Waals surface area contributed by atoms with Crippen molar-refractivity contribution in [3.05, 3.63) is 90.2 Å². The zero-order chi connectivity index (χ0) is 20.1. The Kier molecular flexibility index (Phi) is 3.79. The molecule has 5 heteroatoms. The van der Waals surface area contributed by atoms with Crippen molar-refractivity contribution in [3.8, 4) is 22.8 Å². The van der Waals surface area contributed by atoms with Crippen LogP contribution >= 0.6 is 11.6 Å². The monoisotopic (exact) mass is 407 g/mol. The summed E-state index contributed by atoms with van der Waals surface area (Å²) in [6.07, 6.45) is 0. The predicted octanol–water partition coefficient (Wildman–Crippen LogP) is 6.91. The number of halogens is 1. The van der Waals surface area contributed by atoms with E-state index in [0.29, 0.717) is 11.6 Å². The van der Waals surface area contributed by atoms with Crippen molar-refractivity contribution in [2.45, 2.75) is 0 Å². The number of benzene rings is 4. The van der Waals surface area contributed by atoms with Crippen molar-refractivity contribution in [1.82, 2.24) is 15.0 Å². The van der Waals surface area contributed by atoms with Crippen LogP contribution in [-0.4, -0.2) is 15.0 Å². The minimum atomic E-state index is 0.150. The van der Waals surface area contributed by atoms with Gasteiger partial charge in [-0.3, -0.25) is 0 Å². The molecule has 4 nitrogen and oxygen atoms in total. The number of hydrogen-bond donors (Lipinski definition) is 0. The summed E-state index contributed by atoms with van der Waals surface area (Å²) in [4.78, 5) is 13.4. The largest absolute Gasteiger partial charge is 0.455 e. The molecule has 0 aliphatic carbocycles. The van der Waals surface area contributed by atoms with Gasteiger partial charge >= 0.3 is 0 Å². The highest BCUT2D eigenvalue weighted by Crippen LogP contribution is 2.38. The molecule has 0 amide bonds. The van der Waals surface area contributed by atoms with Crippen LogP contribution in [0.5, 0.6) is 0 Å². The molecule has 0 bridgehead atoms. The molecule has 0 saturated carbocycles. The molecule has 6 rings (SSSR count). The summed E-state index contributed by atoms with van der Waals surface area (Å²) in [6.45, 7) is 0.